The van der Waals surface area contributed by atoms with E-state index in [1.165, 1.54) is 28.6 Å². The molecule has 0 aliphatic carbocycles. The predicted octanol–water partition coefficient (Wildman–Crippen LogP) is 4.04. The molecule has 9 heteroatoms. The van der Waals surface area contributed by atoms with Crippen LogP contribution in [0.15, 0.2) is 47.4 Å². The smallest absolute Gasteiger partial charge is 0.262 e. The Hall–Kier alpha value is -1.80. The Morgan fingerprint density at radius 3 is 2.11 bits per heavy atom. The van der Waals surface area contributed by atoms with Crippen LogP contribution in [0.3, 0.4) is 0 Å². The number of rotatable bonds is 8. The van der Waals surface area contributed by atoms with Crippen LogP contribution in [-0.2, 0) is 14.8 Å². The topological polar surface area (TPSA) is 75.7 Å². The molecular weight excluding hydrogens is 411 g/mol. The Bertz CT molecular complexity index is 878. The van der Waals surface area contributed by atoms with Crippen LogP contribution < -0.4 is 10.1 Å². The first-order valence-electron chi connectivity index (χ1n) is 8.26. The van der Waals surface area contributed by atoms with Gasteiger partial charge in [-0.25, -0.2) is 8.42 Å². The molecule has 0 saturated carbocycles. The average molecular weight is 431 g/mol. The highest BCUT2D eigenvalue weighted by Crippen LogP contribution is 2.32. The zero-order valence-electron chi connectivity index (χ0n) is 14.9. The minimum absolute atomic E-state index is 0.170. The van der Waals surface area contributed by atoms with Crippen molar-refractivity contribution in [3.63, 3.8) is 0 Å². The van der Waals surface area contributed by atoms with Gasteiger partial charge < -0.3 is 10.1 Å². The van der Waals surface area contributed by atoms with Gasteiger partial charge in [-0.05, 0) is 36.4 Å². The molecule has 0 heterocycles. The molecule has 0 spiro atoms. The van der Waals surface area contributed by atoms with E-state index in [1.807, 2.05) is 0 Å². The number of sulfonamides is 1. The SMILES string of the molecule is CCN(CC)S(=O)(=O)c1ccc(NC(=O)COc2c(Cl)cccc2Cl)cc1. The molecule has 0 aliphatic rings. The fourth-order valence-corrected chi connectivity index (χ4v) is 4.34. The van der Waals surface area contributed by atoms with Gasteiger partial charge in [0.2, 0.25) is 10.0 Å². The summed E-state index contributed by atoms with van der Waals surface area (Å²) in [5.74, 6) is -0.193. The van der Waals surface area contributed by atoms with Crippen molar-refractivity contribution in [3.05, 3.63) is 52.5 Å². The van der Waals surface area contributed by atoms with Crippen molar-refractivity contribution < 1.29 is 17.9 Å². The molecule has 2 rings (SSSR count). The minimum Gasteiger partial charge on any atom is -0.481 e. The molecule has 2 aromatic rings. The third kappa shape index (κ3) is 5.35. The van der Waals surface area contributed by atoms with Crippen molar-refractivity contribution in [1.82, 2.24) is 4.31 Å². The predicted molar refractivity (Wildman–Crippen MR) is 107 cm³/mol. The summed E-state index contributed by atoms with van der Waals surface area (Å²) in [7, 11) is -3.54. The van der Waals surface area contributed by atoms with E-state index in [-0.39, 0.29) is 17.3 Å². The number of carbonyl (C=O) groups excluding carboxylic acids is 1. The number of carbonyl (C=O) groups is 1. The zero-order valence-corrected chi connectivity index (χ0v) is 17.2. The Morgan fingerprint density at radius 2 is 1.59 bits per heavy atom. The molecule has 6 nitrogen and oxygen atoms in total. The molecule has 146 valence electrons. The monoisotopic (exact) mass is 430 g/mol. The Morgan fingerprint density at radius 1 is 1.04 bits per heavy atom. The van der Waals surface area contributed by atoms with E-state index in [4.69, 9.17) is 27.9 Å². The van der Waals surface area contributed by atoms with Crippen molar-refractivity contribution in [3.8, 4) is 5.75 Å². The maximum Gasteiger partial charge on any atom is 0.262 e. The maximum absolute atomic E-state index is 12.4. The Balaban J connectivity index is 2.01. The summed E-state index contributed by atoms with van der Waals surface area (Å²) in [6.45, 7) is 4.04. The molecule has 1 amide bonds. The summed E-state index contributed by atoms with van der Waals surface area (Å²) in [4.78, 5) is 12.2. The Kier molecular flexibility index (Phi) is 7.49. The van der Waals surface area contributed by atoms with E-state index in [2.05, 4.69) is 5.32 Å². The molecule has 0 saturated heterocycles. The summed E-state index contributed by atoms with van der Waals surface area (Å²) in [6.07, 6.45) is 0. The van der Waals surface area contributed by atoms with Gasteiger partial charge in [0.1, 0.15) is 0 Å². The first kappa shape index (κ1) is 21.5. The molecule has 0 unspecified atom stereocenters. The van der Waals surface area contributed by atoms with Gasteiger partial charge in [-0.3, -0.25) is 4.79 Å². The van der Waals surface area contributed by atoms with Crippen LogP contribution in [0.2, 0.25) is 10.0 Å². The van der Waals surface area contributed by atoms with Crippen LogP contribution in [-0.4, -0.2) is 38.3 Å². The first-order valence-corrected chi connectivity index (χ1v) is 10.5. The number of hydrogen-bond donors (Lipinski definition) is 1. The summed E-state index contributed by atoms with van der Waals surface area (Å²) in [5, 5.41) is 3.24. The van der Waals surface area contributed by atoms with Crippen LogP contribution >= 0.6 is 23.2 Å². The molecular formula is C18H20Cl2N2O4S. The van der Waals surface area contributed by atoms with Gasteiger partial charge in [-0.2, -0.15) is 4.31 Å². The van der Waals surface area contributed by atoms with Gasteiger partial charge >= 0.3 is 0 Å². The van der Waals surface area contributed by atoms with Gasteiger partial charge in [-0.15, -0.1) is 0 Å². The number of halogens is 2. The van der Waals surface area contributed by atoms with E-state index in [0.29, 0.717) is 28.8 Å². The standard InChI is InChI=1S/C18H20Cl2N2O4S/c1-3-22(4-2)27(24,25)14-10-8-13(9-11-14)21-17(23)12-26-18-15(19)6-5-7-16(18)20/h5-11H,3-4,12H2,1-2H3,(H,21,23). The fourth-order valence-electron chi connectivity index (χ4n) is 2.38. The summed E-state index contributed by atoms with van der Waals surface area (Å²) >= 11 is 12.0. The second-order valence-electron chi connectivity index (χ2n) is 5.50. The van der Waals surface area contributed by atoms with Gasteiger partial charge in [0, 0.05) is 18.8 Å². The molecule has 0 bridgehead atoms. The third-order valence-electron chi connectivity index (χ3n) is 3.75. The van der Waals surface area contributed by atoms with Crippen LogP contribution in [0, 0.1) is 0 Å². The van der Waals surface area contributed by atoms with Crippen molar-refractivity contribution in [2.24, 2.45) is 0 Å². The van der Waals surface area contributed by atoms with Gasteiger partial charge in [0.25, 0.3) is 5.91 Å². The van der Waals surface area contributed by atoms with Crippen LogP contribution in [0.25, 0.3) is 0 Å². The number of anilines is 1. The number of ether oxygens (including phenoxy) is 1. The van der Waals surface area contributed by atoms with E-state index >= 15 is 0 Å². The second kappa shape index (κ2) is 9.41. The highest BCUT2D eigenvalue weighted by molar-refractivity contribution is 7.89. The summed E-state index contributed by atoms with van der Waals surface area (Å²) in [6, 6.07) is 10.8. The second-order valence-corrected chi connectivity index (χ2v) is 8.25. The quantitative estimate of drug-likeness (QED) is 0.685. The fraction of sp³-hybridized carbons (Fsp3) is 0.278. The lowest BCUT2D eigenvalue weighted by atomic mass is 10.3. The molecule has 0 radical (unpaired) electrons. The molecule has 27 heavy (non-hydrogen) atoms. The normalized spacial score (nSPS) is 11.4. The van der Waals surface area contributed by atoms with Crippen LogP contribution in [0.1, 0.15) is 13.8 Å². The molecule has 0 aliphatic heterocycles. The molecule has 1 N–H and O–H groups in total. The largest absolute Gasteiger partial charge is 0.481 e. The number of nitrogens with zero attached hydrogens (tertiary/aromatic N) is 1. The summed E-state index contributed by atoms with van der Waals surface area (Å²) < 4.78 is 31.6. The summed E-state index contributed by atoms with van der Waals surface area (Å²) in [5.41, 5.74) is 0.451. The molecule has 0 aromatic heterocycles. The number of benzene rings is 2. The zero-order chi connectivity index (χ0) is 20.0. The van der Waals surface area contributed by atoms with Crippen molar-refractivity contribution in [2.45, 2.75) is 18.7 Å². The van der Waals surface area contributed by atoms with E-state index < -0.39 is 15.9 Å². The minimum atomic E-state index is -3.54. The number of para-hydroxylation sites is 1. The van der Waals surface area contributed by atoms with Crippen molar-refractivity contribution in [1.29, 1.82) is 0 Å². The van der Waals surface area contributed by atoms with E-state index in [9.17, 15) is 13.2 Å². The highest BCUT2D eigenvalue weighted by atomic mass is 35.5. The van der Waals surface area contributed by atoms with E-state index in [0.717, 1.165) is 0 Å². The van der Waals surface area contributed by atoms with E-state index in [1.54, 1.807) is 32.0 Å². The number of amides is 1. The molecule has 0 fully saturated rings. The highest BCUT2D eigenvalue weighted by Gasteiger charge is 2.21. The lowest BCUT2D eigenvalue weighted by molar-refractivity contribution is -0.118. The van der Waals surface area contributed by atoms with Gasteiger partial charge in [0.05, 0.1) is 14.9 Å². The van der Waals surface area contributed by atoms with Crippen LogP contribution in [0.4, 0.5) is 5.69 Å². The molecule has 0 atom stereocenters. The van der Waals surface area contributed by atoms with Crippen molar-refractivity contribution >= 4 is 44.8 Å². The van der Waals surface area contributed by atoms with Gasteiger partial charge in [-0.1, -0.05) is 43.1 Å². The number of nitrogens with one attached hydrogen (secondary N) is 1. The van der Waals surface area contributed by atoms with Gasteiger partial charge in [0.15, 0.2) is 12.4 Å². The lowest BCUT2D eigenvalue weighted by Gasteiger charge is -2.18. The average Bonchev–Trinajstić information content (AvgIpc) is 2.62. The van der Waals surface area contributed by atoms with Crippen molar-refractivity contribution in [2.75, 3.05) is 25.0 Å². The first-order chi connectivity index (χ1) is 12.8. The van der Waals surface area contributed by atoms with Crippen LogP contribution in [0.5, 0.6) is 5.75 Å². The Labute approximate surface area is 169 Å². The maximum atomic E-state index is 12.4. The molecule has 2 aromatic carbocycles. The third-order valence-corrected chi connectivity index (χ3v) is 6.41. The number of hydrogen-bond acceptors (Lipinski definition) is 4. The lowest BCUT2D eigenvalue weighted by Crippen LogP contribution is -2.30.